The van der Waals surface area contributed by atoms with E-state index in [9.17, 15) is 0 Å². The van der Waals surface area contributed by atoms with Gasteiger partial charge in [0.15, 0.2) is 0 Å². The molecule has 2 heterocycles. The van der Waals surface area contributed by atoms with Crippen molar-refractivity contribution in [3.8, 4) is 0 Å². The highest BCUT2D eigenvalue weighted by Crippen LogP contribution is 2.65. The van der Waals surface area contributed by atoms with Crippen LogP contribution in [0.2, 0.25) is 0 Å². The van der Waals surface area contributed by atoms with Crippen LogP contribution >= 0.6 is 0 Å². The lowest BCUT2D eigenvalue weighted by Crippen LogP contribution is -2.58. The first-order valence-electron chi connectivity index (χ1n) is 23.5. The maximum atomic E-state index is 7.23. The third kappa shape index (κ3) is 7.04. The van der Waals surface area contributed by atoms with Gasteiger partial charge in [0.1, 0.15) is 0 Å². The molecule has 2 saturated carbocycles. The Kier molecular flexibility index (Phi) is 11.1. The minimum Gasteiger partial charge on any atom is -0.370 e. The average Bonchev–Trinajstić information content (AvgIpc) is 3.21. The summed E-state index contributed by atoms with van der Waals surface area (Å²) in [4.78, 5) is 5.85. The van der Waals surface area contributed by atoms with Crippen LogP contribution in [0.5, 0.6) is 0 Å². The fourth-order valence-electron chi connectivity index (χ4n) is 13.8. The predicted molar refractivity (Wildman–Crippen MR) is 226 cm³/mol. The standard InChI is InChI=1S/C52H73NO/c1-34-23-26-39(27-24-34)51-37(4)45(41-17-11-16-40(31-41)38-14-6-5-7-15-38)33-48(53-51)42-18-12-20-44(32-42)52(43-19-10-13-35(2)29-43)46-21-8-9-22-49(46)54-50-28-25-36(3)30-47(50)52/h11,14,16,20-21,26,33-36,40-43,47,49-50H,5-10,12-13,15,17-19,22-25,27-32H2,1-4H3. The van der Waals surface area contributed by atoms with Crippen LogP contribution in [0.15, 0.2) is 59.2 Å². The zero-order valence-corrected chi connectivity index (χ0v) is 34.7. The molecule has 7 aliphatic carbocycles. The van der Waals surface area contributed by atoms with E-state index in [2.05, 4.69) is 70.2 Å². The minimum atomic E-state index is 0.184. The van der Waals surface area contributed by atoms with Gasteiger partial charge in [-0.05, 0) is 205 Å². The van der Waals surface area contributed by atoms with Gasteiger partial charge in [-0.25, -0.2) is 0 Å². The topological polar surface area (TPSA) is 22.1 Å². The summed E-state index contributed by atoms with van der Waals surface area (Å²) >= 11 is 0. The van der Waals surface area contributed by atoms with E-state index in [1.165, 1.54) is 158 Å². The van der Waals surface area contributed by atoms with Crippen LogP contribution in [0.1, 0.15) is 196 Å². The van der Waals surface area contributed by atoms with Crippen molar-refractivity contribution in [1.82, 2.24) is 4.98 Å². The van der Waals surface area contributed by atoms with Gasteiger partial charge >= 0.3 is 0 Å². The number of aromatic nitrogens is 1. The fourth-order valence-corrected chi connectivity index (χ4v) is 13.8. The second-order valence-corrected chi connectivity index (χ2v) is 20.3. The average molecular weight is 728 g/mol. The Labute approximate surface area is 329 Å². The van der Waals surface area contributed by atoms with Gasteiger partial charge in [-0.15, -0.1) is 0 Å². The molecule has 0 aromatic carbocycles. The van der Waals surface area contributed by atoms with E-state index in [0.717, 1.165) is 23.7 Å². The van der Waals surface area contributed by atoms with E-state index in [4.69, 9.17) is 9.72 Å². The lowest BCUT2D eigenvalue weighted by molar-refractivity contribution is -0.144. The van der Waals surface area contributed by atoms with E-state index in [1.54, 1.807) is 22.3 Å². The Bertz CT molecular complexity index is 1690. The Hall–Kier alpha value is -2.19. The summed E-state index contributed by atoms with van der Waals surface area (Å²) in [5.74, 6) is 5.52. The number of hydrogen-bond acceptors (Lipinski definition) is 2. The molecule has 11 atom stereocenters. The van der Waals surface area contributed by atoms with Crippen molar-refractivity contribution in [2.75, 3.05) is 0 Å². The summed E-state index contributed by atoms with van der Waals surface area (Å²) in [5.41, 5.74) is 13.0. The molecule has 0 amide bonds. The fraction of sp³-hybridized carbons (Fsp3) is 0.712. The first kappa shape index (κ1) is 37.4. The summed E-state index contributed by atoms with van der Waals surface area (Å²) in [6, 6.07) is 2.68. The van der Waals surface area contributed by atoms with Crippen LogP contribution in [-0.4, -0.2) is 17.2 Å². The molecule has 0 bridgehead atoms. The molecule has 54 heavy (non-hydrogen) atoms. The van der Waals surface area contributed by atoms with Gasteiger partial charge in [0.2, 0.25) is 0 Å². The van der Waals surface area contributed by atoms with Gasteiger partial charge < -0.3 is 4.74 Å². The van der Waals surface area contributed by atoms with E-state index < -0.39 is 0 Å². The van der Waals surface area contributed by atoms with Gasteiger partial charge in [-0.1, -0.05) is 81.2 Å². The smallest absolute Gasteiger partial charge is 0.0797 e. The number of fused-ring (bicyclic) bond motifs is 2. The summed E-state index contributed by atoms with van der Waals surface area (Å²) in [7, 11) is 0. The van der Waals surface area contributed by atoms with Gasteiger partial charge in [0.25, 0.3) is 0 Å². The molecule has 0 N–H and O–H groups in total. The second-order valence-electron chi connectivity index (χ2n) is 20.3. The van der Waals surface area contributed by atoms with Crippen molar-refractivity contribution >= 4 is 5.57 Å². The first-order chi connectivity index (χ1) is 26.4. The van der Waals surface area contributed by atoms with Crippen molar-refractivity contribution in [2.24, 2.45) is 40.9 Å². The van der Waals surface area contributed by atoms with Crippen LogP contribution in [0.4, 0.5) is 0 Å². The van der Waals surface area contributed by atoms with Gasteiger partial charge in [0.05, 0.1) is 17.9 Å². The molecule has 1 saturated heterocycles. The minimum absolute atomic E-state index is 0.184. The van der Waals surface area contributed by atoms with Gasteiger partial charge in [-0.3, -0.25) is 4.98 Å². The number of ether oxygens (including phenoxy) is 1. The molecule has 9 rings (SSSR count). The predicted octanol–water partition coefficient (Wildman–Crippen LogP) is 14.5. The maximum Gasteiger partial charge on any atom is 0.0797 e. The van der Waals surface area contributed by atoms with Crippen molar-refractivity contribution in [2.45, 2.75) is 193 Å². The first-order valence-corrected chi connectivity index (χ1v) is 23.5. The zero-order valence-electron chi connectivity index (χ0n) is 34.7. The van der Waals surface area contributed by atoms with Crippen molar-refractivity contribution < 1.29 is 4.74 Å². The zero-order chi connectivity index (χ0) is 36.8. The number of rotatable bonds is 6. The molecular weight excluding hydrogens is 655 g/mol. The highest BCUT2D eigenvalue weighted by atomic mass is 16.5. The quantitative estimate of drug-likeness (QED) is 0.272. The van der Waals surface area contributed by atoms with Crippen LogP contribution in [0.25, 0.3) is 5.57 Å². The lowest BCUT2D eigenvalue weighted by atomic mass is 9.47. The molecule has 2 nitrogen and oxygen atoms in total. The molecule has 1 aromatic rings. The number of allylic oxidation sites excluding steroid dienone is 9. The summed E-state index contributed by atoms with van der Waals surface area (Å²) in [6.45, 7) is 10.0. The Morgan fingerprint density at radius 1 is 0.722 bits per heavy atom. The van der Waals surface area contributed by atoms with E-state index in [1.807, 2.05) is 5.57 Å². The Morgan fingerprint density at radius 2 is 1.61 bits per heavy atom. The van der Waals surface area contributed by atoms with Crippen LogP contribution < -0.4 is 0 Å². The SMILES string of the molecule is Cc1c(C2CC=CC(C3=CCCCC3)C2)cc(C2CCC=C(C3(C4CCCC(C)C4)C4=CCCCC4OC4CCC(C)CC43)C2)nc1C1=CCC(C)CC1. The largest absolute Gasteiger partial charge is 0.370 e. The van der Waals surface area contributed by atoms with Crippen molar-refractivity contribution in [3.63, 3.8) is 0 Å². The van der Waals surface area contributed by atoms with E-state index in [0.29, 0.717) is 35.9 Å². The van der Waals surface area contributed by atoms with Gasteiger partial charge in [-0.2, -0.15) is 0 Å². The Balaban J connectivity index is 1.12. The highest BCUT2D eigenvalue weighted by molar-refractivity contribution is 5.67. The van der Waals surface area contributed by atoms with E-state index in [-0.39, 0.29) is 5.41 Å². The second kappa shape index (κ2) is 16.0. The Morgan fingerprint density at radius 3 is 2.44 bits per heavy atom. The van der Waals surface area contributed by atoms with Crippen molar-refractivity contribution in [1.29, 1.82) is 0 Å². The number of pyridine rings is 1. The maximum absolute atomic E-state index is 7.23. The molecule has 1 aliphatic heterocycles. The van der Waals surface area contributed by atoms with E-state index >= 15 is 0 Å². The third-order valence-electron chi connectivity index (χ3n) is 16.6. The van der Waals surface area contributed by atoms with Crippen LogP contribution in [0, 0.1) is 47.8 Å². The molecule has 3 fully saturated rings. The molecular formula is C52H73NO. The summed E-state index contributed by atoms with van der Waals surface area (Å²) < 4.78 is 7.23. The van der Waals surface area contributed by atoms with Crippen LogP contribution in [0.3, 0.4) is 0 Å². The monoisotopic (exact) mass is 728 g/mol. The molecule has 0 radical (unpaired) electrons. The number of hydrogen-bond donors (Lipinski definition) is 0. The summed E-state index contributed by atoms with van der Waals surface area (Å²) in [6.07, 6.45) is 45.1. The molecule has 292 valence electrons. The number of nitrogens with zero attached hydrogens (tertiary/aromatic N) is 1. The molecule has 1 aromatic heterocycles. The normalized spacial score (nSPS) is 40.1. The summed E-state index contributed by atoms with van der Waals surface area (Å²) in [5, 5.41) is 0. The molecule has 8 aliphatic rings. The van der Waals surface area contributed by atoms with Gasteiger partial charge in [0, 0.05) is 17.0 Å². The molecule has 2 heteroatoms. The molecule has 0 spiro atoms. The third-order valence-corrected chi connectivity index (χ3v) is 16.6. The van der Waals surface area contributed by atoms with Crippen LogP contribution in [-0.2, 0) is 4.74 Å². The highest BCUT2D eigenvalue weighted by Gasteiger charge is 2.59. The lowest BCUT2D eigenvalue weighted by Gasteiger charge is -2.61. The van der Waals surface area contributed by atoms with Crippen molar-refractivity contribution in [3.05, 3.63) is 81.8 Å². The molecule has 11 unspecified atom stereocenters.